The zero-order chi connectivity index (χ0) is 25.0. The van der Waals surface area contributed by atoms with E-state index in [1.54, 1.807) is 13.8 Å². The number of carboxylic acids is 2. The van der Waals surface area contributed by atoms with Gasteiger partial charge in [-0.15, -0.1) is 0 Å². The molecule has 0 rings (SSSR count). The van der Waals surface area contributed by atoms with E-state index in [0.717, 1.165) is 0 Å². The SMILES string of the molecule is CC(NC(=O)C(NC(=O)C(CCCN=C(N)N)NC(=O)C(N)CC(=O)O)C(C)C)C(=O)O. The minimum absolute atomic E-state index is 0.0616. The number of aliphatic carboxylic acids is 2. The van der Waals surface area contributed by atoms with E-state index in [0.29, 0.717) is 0 Å². The molecule has 182 valence electrons. The van der Waals surface area contributed by atoms with Crippen LogP contribution in [0.25, 0.3) is 0 Å². The second kappa shape index (κ2) is 13.8. The number of carbonyl (C=O) groups is 5. The van der Waals surface area contributed by atoms with Crippen LogP contribution in [0.5, 0.6) is 0 Å². The fourth-order valence-corrected chi connectivity index (χ4v) is 2.49. The van der Waals surface area contributed by atoms with Gasteiger partial charge in [0.15, 0.2) is 5.96 Å². The lowest BCUT2D eigenvalue weighted by atomic mass is 10.0. The Morgan fingerprint density at radius 3 is 1.97 bits per heavy atom. The van der Waals surface area contributed by atoms with Crippen molar-refractivity contribution in [3.8, 4) is 0 Å². The van der Waals surface area contributed by atoms with Crippen LogP contribution in [-0.4, -0.2) is 76.5 Å². The van der Waals surface area contributed by atoms with Gasteiger partial charge in [0, 0.05) is 6.54 Å². The maximum absolute atomic E-state index is 12.8. The third kappa shape index (κ3) is 11.1. The van der Waals surface area contributed by atoms with Gasteiger partial charge in [-0.2, -0.15) is 0 Å². The summed E-state index contributed by atoms with van der Waals surface area (Å²) in [4.78, 5) is 63.0. The number of rotatable bonds is 14. The molecule has 14 nitrogen and oxygen atoms in total. The van der Waals surface area contributed by atoms with E-state index in [-0.39, 0.29) is 25.3 Å². The third-order valence-electron chi connectivity index (χ3n) is 4.29. The molecule has 0 aromatic carbocycles. The average molecular weight is 460 g/mol. The highest BCUT2D eigenvalue weighted by molar-refractivity contribution is 5.94. The Balaban J connectivity index is 5.40. The highest BCUT2D eigenvalue weighted by atomic mass is 16.4. The molecule has 0 bridgehead atoms. The van der Waals surface area contributed by atoms with Crippen LogP contribution in [0.2, 0.25) is 0 Å². The number of aliphatic imine (C=N–C) groups is 1. The van der Waals surface area contributed by atoms with Gasteiger partial charge in [0.05, 0.1) is 12.5 Å². The molecule has 14 heteroatoms. The van der Waals surface area contributed by atoms with Crippen molar-refractivity contribution >= 4 is 35.6 Å². The molecule has 0 heterocycles. The van der Waals surface area contributed by atoms with Crippen molar-refractivity contribution in [2.75, 3.05) is 6.54 Å². The summed E-state index contributed by atoms with van der Waals surface area (Å²) >= 11 is 0. The van der Waals surface area contributed by atoms with Crippen LogP contribution in [0.3, 0.4) is 0 Å². The first-order chi connectivity index (χ1) is 14.8. The molecular weight excluding hydrogens is 426 g/mol. The van der Waals surface area contributed by atoms with Crippen LogP contribution in [0.15, 0.2) is 4.99 Å². The smallest absolute Gasteiger partial charge is 0.325 e. The van der Waals surface area contributed by atoms with E-state index in [4.69, 9.17) is 27.4 Å². The zero-order valence-corrected chi connectivity index (χ0v) is 18.3. The van der Waals surface area contributed by atoms with Crippen LogP contribution >= 0.6 is 0 Å². The predicted octanol–water partition coefficient (Wildman–Crippen LogP) is -2.94. The van der Waals surface area contributed by atoms with Crippen molar-refractivity contribution in [2.24, 2.45) is 28.1 Å². The van der Waals surface area contributed by atoms with E-state index < -0.39 is 66.2 Å². The lowest BCUT2D eigenvalue weighted by molar-refractivity contribution is -0.142. The molecule has 0 saturated carbocycles. The molecule has 4 atom stereocenters. The van der Waals surface area contributed by atoms with Crippen LogP contribution in [0, 0.1) is 5.92 Å². The van der Waals surface area contributed by atoms with E-state index in [9.17, 15) is 24.0 Å². The molecule has 0 aromatic heterocycles. The Morgan fingerprint density at radius 1 is 0.906 bits per heavy atom. The number of carbonyl (C=O) groups excluding carboxylic acids is 3. The van der Waals surface area contributed by atoms with Gasteiger partial charge in [0.2, 0.25) is 17.7 Å². The van der Waals surface area contributed by atoms with E-state index in [2.05, 4.69) is 20.9 Å². The second-order valence-corrected chi connectivity index (χ2v) is 7.51. The molecule has 0 aliphatic rings. The van der Waals surface area contributed by atoms with Crippen LogP contribution in [0.1, 0.15) is 40.0 Å². The highest BCUT2D eigenvalue weighted by Crippen LogP contribution is 2.06. The van der Waals surface area contributed by atoms with Gasteiger partial charge in [-0.1, -0.05) is 13.8 Å². The number of carboxylic acid groups (broad SMARTS) is 2. The first-order valence-corrected chi connectivity index (χ1v) is 9.92. The normalized spacial score (nSPS) is 14.4. The fourth-order valence-electron chi connectivity index (χ4n) is 2.49. The molecule has 0 radical (unpaired) electrons. The molecule has 0 aliphatic heterocycles. The Bertz CT molecular complexity index is 722. The molecular formula is C18H33N7O7. The standard InChI is InChI=1S/C18H33N7O7/c1-8(2)13(16(30)23-9(3)17(31)32)25-15(29)11(5-4-6-22-18(20)21)24-14(28)10(19)7-12(26)27/h8-11,13H,4-7,19H2,1-3H3,(H,23,30)(H,24,28)(H,25,29)(H,26,27)(H,31,32)(H4,20,21,22). The Morgan fingerprint density at radius 2 is 1.50 bits per heavy atom. The number of hydrogen-bond acceptors (Lipinski definition) is 7. The first kappa shape index (κ1) is 28.6. The topological polar surface area (TPSA) is 252 Å². The van der Waals surface area contributed by atoms with Crippen LogP contribution < -0.4 is 33.2 Å². The molecule has 0 saturated heterocycles. The summed E-state index contributed by atoms with van der Waals surface area (Å²) in [6, 6.07) is -4.82. The van der Waals surface area contributed by atoms with Crippen LogP contribution in [0.4, 0.5) is 0 Å². The van der Waals surface area contributed by atoms with Gasteiger partial charge in [-0.3, -0.25) is 29.0 Å². The largest absolute Gasteiger partial charge is 0.481 e. The highest BCUT2D eigenvalue weighted by Gasteiger charge is 2.31. The van der Waals surface area contributed by atoms with Gasteiger partial charge >= 0.3 is 11.9 Å². The van der Waals surface area contributed by atoms with Gasteiger partial charge < -0.3 is 43.4 Å². The number of nitrogens with one attached hydrogen (secondary N) is 3. The molecule has 0 aromatic rings. The van der Waals surface area contributed by atoms with Crippen molar-refractivity contribution in [3.05, 3.63) is 0 Å². The average Bonchev–Trinajstić information content (AvgIpc) is 2.66. The summed E-state index contributed by atoms with van der Waals surface area (Å²) in [6.45, 7) is 4.72. The van der Waals surface area contributed by atoms with E-state index in [1.165, 1.54) is 6.92 Å². The number of guanidine groups is 1. The van der Waals surface area contributed by atoms with Crippen molar-refractivity contribution in [2.45, 2.75) is 64.2 Å². The molecule has 0 spiro atoms. The molecule has 11 N–H and O–H groups in total. The van der Waals surface area contributed by atoms with Crippen molar-refractivity contribution in [1.82, 2.24) is 16.0 Å². The summed E-state index contributed by atoms with van der Waals surface area (Å²) in [5.41, 5.74) is 16.0. The quantitative estimate of drug-likeness (QED) is 0.0744. The summed E-state index contributed by atoms with van der Waals surface area (Å²) in [5.74, 6) is -5.40. The van der Waals surface area contributed by atoms with Gasteiger partial charge in [-0.05, 0) is 25.7 Å². The fraction of sp³-hybridized carbons (Fsp3) is 0.667. The summed E-state index contributed by atoms with van der Waals surface area (Å²) in [7, 11) is 0. The summed E-state index contributed by atoms with van der Waals surface area (Å²) in [5, 5.41) is 24.9. The number of nitrogens with two attached hydrogens (primary N) is 3. The molecule has 32 heavy (non-hydrogen) atoms. The maximum Gasteiger partial charge on any atom is 0.325 e. The first-order valence-electron chi connectivity index (χ1n) is 9.92. The molecule has 0 aliphatic carbocycles. The van der Waals surface area contributed by atoms with Crippen molar-refractivity contribution in [1.29, 1.82) is 0 Å². The Kier molecular flexibility index (Phi) is 12.3. The van der Waals surface area contributed by atoms with Crippen molar-refractivity contribution in [3.63, 3.8) is 0 Å². The predicted molar refractivity (Wildman–Crippen MR) is 114 cm³/mol. The van der Waals surface area contributed by atoms with Gasteiger partial charge in [-0.25, -0.2) is 0 Å². The third-order valence-corrected chi connectivity index (χ3v) is 4.29. The monoisotopic (exact) mass is 459 g/mol. The minimum atomic E-state index is -1.39. The number of hydrogen-bond donors (Lipinski definition) is 8. The van der Waals surface area contributed by atoms with Crippen molar-refractivity contribution < 1.29 is 34.2 Å². The van der Waals surface area contributed by atoms with Gasteiger partial charge in [0.1, 0.15) is 18.1 Å². The molecule has 0 fully saturated rings. The molecule has 3 amide bonds. The van der Waals surface area contributed by atoms with Gasteiger partial charge in [0.25, 0.3) is 0 Å². The Labute approximate surface area is 185 Å². The lowest BCUT2D eigenvalue weighted by Gasteiger charge is -2.26. The van der Waals surface area contributed by atoms with E-state index in [1.807, 2.05) is 0 Å². The number of nitrogens with zero attached hydrogens (tertiary/aromatic N) is 1. The van der Waals surface area contributed by atoms with Crippen LogP contribution in [-0.2, 0) is 24.0 Å². The minimum Gasteiger partial charge on any atom is -0.481 e. The second-order valence-electron chi connectivity index (χ2n) is 7.51. The maximum atomic E-state index is 12.8. The molecule has 4 unspecified atom stereocenters. The Hall–Kier alpha value is -3.42. The lowest BCUT2D eigenvalue weighted by Crippen LogP contribution is -2.58. The van der Waals surface area contributed by atoms with E-state index >= 15 is 0 Å². The zero-order valence-electron chi connectivity index (χ0n) is 18.3. The summed E-state index contributed by atoms with van der Waals surface area (Å²) < 4.78 is 0. The summed E-state index contributed by atoms with van der Waals surface area (Å²) in [6.07, 6.45) is -0.302. The number of amides is 3.